The van der Waals surface area contributed by atoms with Crippen molar-refractivity contribution in [2.24, 2.45) is 20.5 Å². The van der Waals surface area contributed by atoms with Crippen LogP contribution in [0, 0.1) is 0 Å². The molecule has 0 unspecified atom stereocenters. The molecule has 0 saturated carbocycles. The summed E-state index contributed by atoms with van der Waals surface area (Å²) in [5.74, 6) is 2.33. The smallest absolute Gasteiger partial charge is 0.174 e. The molecule has 0 aliphatic carbocycles. The molecule has 136 valence electrons. The SMILES string of the molecule is c1ccc(/N=N/c2ccccn2)nc1.c1ccc(/N=N/c2ccccn2)nc1. The number of pyridine rings is 4. The van der Waals surface area contributed by atoms with Crippen molar-refractivity contribution in [2.45, 2.75) is 0 Å². The van der Waals surface area contributed by atoms with E-state index in [0.717, 1.165) is 0 Å². The van der Waals surface area contributed by atoms with Gasteiger partial charge in [0.15, 0.2) is 23.3 Å². The predicted octanol–water partition coefficient (Wildman–Crippen LogP) is 5.78. The minimum atomic E-state index is 0.582. The molecule has 4 aromatic rings. The molecule has 0 fully saturated rings. The van der Waals surface area contributed by atoms with E-state index in [9.17, 15) is 0 Å². The van der Waals surface area contributed by atoms with Crippen molar-refractivity contribution in [1.29, 1.82) is 0 Å². The standard InChI is InChI=1S/2C10H8N4/c2*1-3-7-11-9(5-1)13-14-10-6-2-4-8-12-10/h2*1-8H/b2*14-13+. The first-order chi connectivity index (χ1) is 13.9. The average molecular weight is 368 g/mol. The van der Waals surface area contributed by atoms with Crippen LogP contribution in [0.5, 0.6) is 0 Å². The van der Waals surface area contributed by atoms with Crippen molar-refractivity contribution < 1.29 is 0 Å². The Labute approximate surface area is 161 Å². The average Bonchev–Trinajstić information content (AvgIpc) is 2.80. The summed E-state index contributed by atoms with van der Waals surface area (Å²) >= 11 is 0. The van der Waals surface area contributed by atoms with Crippen LogP contribution in [0.25, 0.3) is 0 Å². The zero-order chi connectivity index (χ0) is 19.3. The third-order valence-electron chi connectivity index (χ3n) is 3.11. The Balaban J connectivity index is 0.000000161. The second-order valence-corrected chi connectivity index (χ2v) is 5.15. The van der Waals surface area contributed by atoms with E-state index < -0.39 is 0 Å². The third-order valence-corrected chi connectivity index (χ3v) is 3.11. The van der Waals surface area contributed by atoms with Crippen LogP contribution < -0.4 is 0 Å². The van der Waals surface area contributed by atoms with Crippen molar-refractivity contribution in [3.8, 4) is 0 Å². The van der Waals surface area contributed by atoms with E-state index in [4.69, 9.17) is 0 Å². The number of nitrogens with zero attached hydrogens (tertiary/aromatic N) is 8. The van der Waals surface area contributed by atoms with Crippen LogP contribution in [0.2, 0.25) is 0 Å². The summed E-state index contributed by atoms with van der Waals surface area (Å²) in [7, 11) is 0. The molecule has 0 N–H and O–H groups in total. The van der Waals surface area contributed by atoms with Crippen molar-refractivity contribution >= 4 is 23.3 Å². The van der Waals surface area contributed by atoms with Crippen LogP contribution in [-0.4, -0.2) is 19.9 Å². The van der Waals surface area contributed by atoms with Crippen LogP contribution in [0.15, 0.2) is 118 Å². The van der Waals surface area contributed by atoms with Gasteiger partial charge in [-0.15, -0.1) is 20.5 Å². The van der Waals surface area contributed by atoms with Gasteiger partial charge in [-0.25, -0.2) is 19.9 Å². The largest absolute Gasteiger partial charge is 0.236 e. The van der Waals surface area contributed by atoms with Crippen LogP contribution >= 0.6 is 0 Å². The Bertz CT molecular complexity index is 823. The summed E-state index contributed by atoms with van der Waals surface area (Å²) in [6.07, 6.45) is 6.69. The number of rotatable bonds is 4. The van der Waals surface area contributed by atoms with Crippen LogP contribution in [0.1, 0.15) is 0 Å². The van der Waals surface area contributed by atoms with Crippen molar-refractivity contribution in [3.63, 3.8) is 0 Å². The molecule has 0 aromatic carbocycles. The fourth-order valence-corrected chi connectivity index (χ4v) is 1.86. The number of hydrogen-bond donors (Lipinski definition) is 0. The maximum atomic E-state index is 4.01. The molecule has 4 rings (SSSR count). The van der Waals surface area contributed by atoms with Crippen LogP contribution in [0.4, 0.5) is 23.3 Å². The predicted molar refractivity (Wildman–Crippen MR) is 105 cm³/mol. The second kappa shape index (κ2) is 10.7. The quantitative estimate of drug-likeness (QED) is 0.426. The molecule has 28 heavy (non-hydrogen) atoms. The highest BCUT2D eigenvalue weighted by Gasteiger charge is 1.90. The van der Waals surface area contributed by atoms with E-state index in [-0.39, 0.29) is 0 Å². The Hall–Kier alpha value is -4.20. The second-order valence-electron chi connectivity index (χ2n) is 5.15. The van der Waals surface area contributed by atoms with E-state index >= 15 is 0 Å². The van der Waals surface area contributed by atoms with Crippen molar-refractivity contribution in [2.75, 3.05) is 0 Å². The molecule has 0 radical (unpaired) electrons. The summed E-state index contributed by atoms with van der Waals surface area (Å²) in [6.45, 7) is 0. The first-order valence-corrected chi connectivity index (χ1v) is 8.38. The zero-order valence-corrected chi connectivity index (χ0v) is 14.8. The fraction of sp³-hybridized carbons (Fsp3) is 0. The normalized spacial score (nSPS) is 10.6. The summed E-state index contributed by atoms with van der Waals surface area (Å²) in [4.78, 5) is 16.0. The van der Waals surface area contributed by atoms with Gasteiger partial charge in [0.05, 0.1) is 0 Å². The first kappa shape index (κ1) is 18.6. The molecule has 0 atom stereocenters. The van der Waals surface area contributed by atoms with Gasteiger partial charge in [-0.1, -0.05) is 24.3 Å². The fourth-order valence-electron chi connectivity index (χ4n) is 1.86. The maximum absolute atomic E-state index is 4.01. The van der Waals surface area contributed by atoms with Gasteiger partial charge in [0.25, 0.3) is 0 Å². The summed E-state index contributed by atoms with van der Waals surface area (Å²) in [6, 6.07) is 21.9. The van der Waals surface area contributed by atoms with Gasteiger partial charge in [-0.3, -0.25) is 0 Å². The summed E-state index contributed by atoms with van der Waals surface area (Å²) in [5.41, 5.74) is 0. The molecule has 0 aliphatic rings. The molecule has 0 aliphatic heterocycles. The Kier molecular flexibility index (Phi) is 7.11. The molecule has 0 saturated heterocycles. The molecule has 8 nitrogen and oxygen atoms in total. The molecule has 0 bridgehead atoms. The Morgan fingerprint density at radius 3 is 0.786 bits per heavy atom. The van der Waals surface area contributed by atoms with Crippen LogP contribution in [0.3, 0.4) is 0 Å². The van der Waals surface area contributed by atoms with Gasteiger partial charge in [0.1, 0.15) is 0 Å². The van der Waals surface area contributed by atoms with E-state index in [1.807, 2.05) is 48.5 Å². The molecular weight excluding hydrogens is 352 g/mol. The van der Waals surface area contributed by atoms with E-state index in [1.54, 1.807) is 49.1 Å². The van der Waals surface area contributed by atoms with Gasteiger partial charge in [0.2, 0.25) is 0 Å². The molecule has 0 amide bonds. The lowest BCUT2D eigenvalue weighted by Crippen LogP contribution is -1.71. The molecule has 4 aromatic heterocycles. The molecule has 8 heteroatoms. The molecule has 4 heterocycles. The highest BCUT2D eigenvalue weighted by Crippen LogP contribution is 2.12. The number of azo groups is 2. The lowest BCUT2D eigenvalue weighted by Gasteiger charge is -1.89. The van der Waals surface area contributed by atoms with E-state index in [2.05, 4.69) is 40.4 Å². The minimum Gasteiger partial charge on any atom is -0.236 e. The van der Waals surface area contributed by atoms with Crippen LogP contribution in [-0.2, 0) is 0 Å². The van der Waals surface area contributed by atoms with Gasteiger partial charge in [-0.05, 0) is 48.5 Å². The minimum absolute atomic E-state index is 0.582. The molecule has 0 spiro atoms. The third kappa shape index (κ3) is 6.60. The van der Waals surface area contributed by atoms with E-state index in [0.29, 0.717) is 23.3 Å². The van der Waals surface area contributed by atoms with Gasteiger partial charge in [-0.2, -0.15) is 0 Å². The lowest BCUT2D eigenvalue weighted by molar-refractivity contribution is 1.11. The summed E-state index contributed by atoms with van der Waals surface area (Å²) < 4.78 is 0. The van der Waals surface area contributed by atoms with E-state index in [1.165, 1.54) is 0 Å². The Morgan fingerprint density at radius 1 is 0.357 bits per heavy atom. The summed E-state index contributed by atoms with van der Waals surface area (Å²) in [5, 5.41) is 15.7. The Morgan fingerprint density at radius 2 is 0.607 bits per heavy atom. The zero-order valence-electron chi connectivity index (χ0n) is 14.8. The lowest BCUT2D eigenvalue weighted by atomic mass is 10.5. The first-order valence-electron chi connectivity index (χ1n) is 8.38. The van der Waals surface area contributed by atoms with Crippen molar-refractivity contribution in [3.05, 3.63) is 97.6 Å². The topological polar surface area (TPSA) is 101 Å². The van der Waals surface area contributed by atoms with Gasteiger partial charge >= 0.3 is 0 Å². The van der Waals surface area contributed by atoms with Gasteiger partial charge < -0.3 is 0 Å². The van der Waals surface area contributed by atoms with Crippen molar-refractivity contribution in [1.82, 2.24) is 19.9 Å². The highest BCUT2D eigenvalue weighted by molar-refractivity contribution is 5.29. The molecular formula is C20H16N8. The highest BCUT2D eigenvalue weighted by atomic mass is 15.2. The monoisotopic (exact) mass is 368 g/mol. The number of aromatic nitrogens is 4. The number of hydrogen-bond acceptors (Lipinski definition) is 8. The van der Waals surface area contributed by atoms with Gasteiger partial charge in [0, 0.05) is 24.8 Å². The maximum Gasteiger partial charge on any atom is 0.174 e.